The molecule has 5 rings (SSSR count). The second kappa shape index (κ2) is 5.58. The third-order valence-electron chi connectivity index (χ3n) is 6.92. The summed E-state index contributed by atoms with van der Waals surface area (Å²) in [6, 6.07) is 8.01. The van der Waals surface area contributed by atoms with Gasteiger partial charge in [-0.05, 0) is 75.2 Å². The van der Waals surface area contributed by atoms with Crippen molar-refractivity contribution in [3.05, 3.63) is 35.4 Å². The van der Waals surface area contributed by atoms with E-state index in [4.69, 9.17) is 5.11 Å². The van der Waals surface area contributed by atoms with Crippen LogP contribution in [-0.4, -0.2) is 23.0 Å². The van der Waals surface area contributed by atoms with Gasteiger partial charge in [0.25, 0.3) is 0 Å². The Morgan fingerprint density at radius 3 is 2.28 bits per heavy atom. The van der Waals surface area contributed by atoms with E-state index in [-0.39, 0.29) is 16.7 Å². The summed E-state index contributed by atoms with van der Waals surface area (Å²) in [6.07, 6.45) is 6.31. The molecule has 4 heteroatoms. The van der Waals surface area contributed by atoms with Gasteiger partial charge in [0.2, 0.25) is 5.91 Å². The van der Waals surface area contributed by atoms with Crippen LogP contribution in [0.5, 0.6) is 0 Å². The summed E-state index contributed by atoms with van der Waals surface area (Å²) in [5, 5.41) is 11.9. The number of amides is 1. The highest BCUT2D eigenvalue weighted by Crippen LogP contribution is 2.65. The Hall–Kier alpha value is -1.84. The van der Waals surface area contributed by atoms with E-state index in [1.165, 1.54) is 30.4 Å². The number of benzene rings is 1. The van der Waals surface area contributed by atoms with Crippen LogP contribution in [0, 0.1) is 24.2 Å². The molecule has 2 N–H and O–H groups in total. The van der Waals surface area contributed by atoms with Crippen LogP contribution in [0.25, 0.3) is 0 Å². The Kier molecular flexibility index (Phi) is 3.71. The number of carboxylic acids is 1. The van der Waals surface area contributed by atoms with E-state index >= 15 is 0 Å². The molecule has 4 bridgehead atoms. The first-order valence-corrected chi connectivity index (χ1v) is 9.43. The first-order valence-electron chi connectivity index (χ1n) is 9.43. The second-order valence-electron chi connectivity index (χ2n) is 8.92. The normalized spacial score (nSPS) is 36.9. The minimum atomic E-state index is -0.966. The molecular formula is C21H27NO3. The Labute approximate surface area is 149 Å². The van der Waals surface area contributed by atoms with Gasteiger partial charge < -0.3 is 10.4 Å². The van der Waals surface area contributed by atoms with Gasteiger partial charge in [0.1, 0.15) is 6.04 Å². The highest BCUT2D eigenvalue weighted by Gasteiger charge is 2.61. The molecule has 25 heavy (non-hydrogen) atoms. The zero-order chi connectivity index (χ0) is 17.8. The Balaban J connectivity index is 1.66. The lowest BCUT2D eigenvalue weighted by atomic mass is 9.42. The van der Waals surface area contributed by atoms with E-state index in [9.17, 15) is 9.59 Å². The first kappa shape index (κ1) is 16.6. The molecule has 134 valence electrons. The second-order valence-corrected chi connectivity index (χ2v) is 8.92. The van der Waals surface area contributed by atoms with Gasteiger partial charge in [0.15, 0.2) is 0 Å². The van der Waals surface area contributed by atoms with Crippen molar-refractivity contribution in [2.45, 2.75) is 63.8 Å². The lowest BCUT2D eigenvalue weighted by molar-refractivity contribution is -0.153. The summed E-state index contributed by atoms with van der Waals surface area (Å²) >= 11 is 0. The van der Waals surface area contributed by atoms with E-state index < -0.39 is 12.0 Å². The fourth-order valence-electron chi connectivity index (χ4n) is 6.18. The van der Waals surface area contributed by atoms with Crippen molar-refractivity contribution < 1.29 is 14.7 Å². The molecule has 4 fully saturated rings. The fraction of sp³-hybridized carbons (Fsp3) is 0.619. The Morgan fingerprint density at radius 2 is 1.72 bits per heavy atom. The molecule has 1 aromatic carbocycles. The van der Waals surface area contributed by atoms with Gasteiger partial charge >= 0.3 is 5.97 Å². The van der Waals surface area contributed by atoms with E-state index in [1.807, 2.05) is 0 Å². The van der Waals surface area contributed by atoms with E-state index in [0.29, 0.717) is 11.8 Å². The zero-order valence-electron chi connectivity index (χ0n) is 15.0. The molecule has 4 saturated carbocycles. The number of carboxylic acid groups (broad SMARTS) is 1. The number of nitrogens with one attached hydrogen (secondary N) is 1. The monoisotopic (exact) mass is 341 g/mol. The summed E-state index contributed by atoms with van der Waals surface area (Å²) in [6.45, 7) is 3.65. The van der Waals surface area contributed by atoms with E-state index in [2.05, 4.69) is 36.5 Å². The van der Waals surface area contributed by atoms with Crippen LogP contribution in [0.2, 0.25) is 0 Å². The number of hydrogen-bond acceptors (Lipinski definition) is 2. The molecule has 0 saturated heterocycles. The summed E-state index contributed by atoms with van der Waals surface area (Å²) in [5.74, 6) is 0.182. The van der Waals surface area contributed by atoms with Crippen molar-refractivity contribution >= 4 is 11.9 Å². The van der Waals surface area contributed by atoms with Crippen LogP contribution < -0.4 is 5.32 Å². The van der Waals surface area contributed by atoms with Crippen LogP contribution in [0.1, 0.15) is 56.6 Å². The minimum absolute atomic E-state index is 0.0343. The summed E-state index contributed by atoms with van der Waals surface area (Å²) in [7, 11) is 0. The average molecular weight is 341 g/mol. The smallest absolute Gasteiger partial charge is 0.325 e. The maximum absolute atomic E-state index is 13.1. The third kappa shape index (κ3) is 2.66. The molecule has 0 radical (unpaired) electrons. The summed E-state index contributed by atoms with van der Waals surface area (Å²) in [4.78, 5) is 24.2. The van der Waals surface area contributed by atoms with Crippen LogP contribution in [-0.2, 0) is 15.0 Å². The number of aryl methyl sites for hydroxylation is 1. The number of rotatable bonds is 4. The number of hydrogen-bond donors (Lipinski definition) is 2. The van der Waals surface area contributed by atoms with Crippen molar-refractivity contribution in [3.8, 4) is 0 Å². The number of carbonyl (C=O) groups is 2. The lowest BCUT2D eigenvalue weighted by Crippen LogP contribution is -2.60. The van der Waals surface area contributed by atoms with Crippen LogP contribution in [0.15, 0.2) is 24.3 Å². The predicted molar refractivity (Wildman–Crippen MR) is 95.2 cm³/mol. The molecule has 1 aromatic rings. The Bertz CT molecular complexity index is 694. The Morgan fingerprint density at radius 1 is 1.12 bits per heavy atom. The standard InChI is InChI=1S/C21H27NO3/c1-13-3-5-17(6-4-13)20-8-15-7-16(9-20)11-21(10-15,12-20)19(25)22-14(2)18(23)24/h3-6,14-16H,7-12H2,1-2H3,(H,22,25)(H,23,24)/t14-,15-,16-,20?,21?/m0/s1. The van der Waals surface area contributed by atoms with Crippen molar-refractivity contribution in [2.75, 3.05) is 0 Å². The quantitative estimate of drug-likeness (QED) is 0.882. The third-order valence-corrected chi connectivity index (χ3v) is 6.92. The van der Waals surface area contributed by atoms with Gasteiger partial charge in [-0.1, -0.05) is 29.8 Å². The van der Waals surface area contributed by atoms with Crippen molar-refractivity contribution in [2.24, 2.45) is 17.3 Å². The first-order chi connectivity index (χ1) is 11.8. The highest BCUT2D eigenvalue weighted by atomic mass is 16.4. The molecule has 3 atom stereocenters. The molecule has 0 spiro atoms. The van der Waals surface area contributed by atoms with Crippen LogP contribution in [0.3, 0.4) is 0 Å². The van der Waals surface area contributed by atoms with Crippen LogP contribution >= 0.6 is 0 Å². The van der Waals surface area contributed by atoms with E-state index in [0.717, 1.165) is 19.3 Å². The van der Waals surface area contributed by atoms with Gasteiger partial charge in [0, 0.05) is 0 Å². The fourth-order valence-corrected chi connectivity index (χ4v) is 6.18. The topological polar surface area (TPSA) is 66.4 Å². The lowest BCUT2D eigenvalue weighted by Gasteiger charge is -2.61. The van der Waals surface area contributed by atoms with Gasteiger partial charge in [0.05, 0.1) is 5.41 Å². The average Bonchev–Trinajstić information content (AvgIpc) is 2.53. The molecule has 0 aliphatic heterocycles. The van der Waals surface area contributed by atoms with E-state index in [1.54, 1.807) is 6.92 Å². The number of carbonyl (C=O) groups excluding carboxylic acids is 1. The maximum Gasteiger partial charge on any atom is 0.325 e. The minimum Gasteiger partial charge on any atom is -0.480 e. The molecule has 1 amide bonds. The highest BCUT2D eigenvalue weighted by molar-refractivity contribution is 5.87. The maximum atomic E-state index is 13.1. The SMILES string of the molecule is Cc1ccc(C23C[C@@H]4C[C@H](CC(C(=O)N[C@@H](C)C(=O)O)(C4)C2)C3)cc1. The predicted octanol–water partition coefficient (Wildman–Crippen LogP) is 3.42. The number of aliphatic carboxylic acids is 1. The van der Waals surface area contributed by atoms with Gasteiger partial charge in [-0.2, -0.15) is 0 Å². The van der Waals surface area contributed by atoms with Crippen molar-refractivity contribution in [3.63, 3.8) is 0 Å². The van der Waals surface area contributed by atoms with Gasteiger partial charge in [-0.25, -0.2) is 0 Å². The molecule has 0 heterocycles. The zero-order valence-corrected chi connectivity index (χ0v) is 15.0. The molecule has 4 aliphatic rings. The van der Waals surface area contributed by atoms with Gasteiger partial charge in [-0.3, -0.25) is 9.59 Å². The molecule has 4 nitrogen and oxygen atoms in total. The van der Waals surface area contributed by atoms with Crippen molar-refractivity contribution in [1.29, 1.82) is 0 Å². The van der Waals surface area contributed by atoms with Crippen LogP contribution in [0.4, 0.5) is 0 Å². The van der Waals surface area contributed by atoms with Crippen molar-refractivity contribution in [1.82, 2.24) is 5.32 Å². The summed E-state index contributed by atoms with van der Waals surface area (Å²) < 4.78 is 0. The largest absolute Gasteiger partial charge is 0.480 e. The van der Waals surface area contributed by atoms with Gasteiger partial charge in [-0.15, -0.1) is 0 Å². The summed E-state index contributed by atoms with van der Waals surface area (Å²) in [5.41, 5.74) is 2.35. The molecule has 4 aliphatic carbocycles. The molecular weight excluding hydrogens is 314 g/mol. The molecule has 0 unspecified atom stereocenters. The molecule has 0 aromatic heterocycles.